The van der Waals surface area contributed by atoms with Crippen LogP contribution < -0.4 is 10.0 Å². The number of hydrogen-bond donors (Lipinski definition) is 2. The van der Waals surface area contributed by atoms with Gasteiger partial charge >= 0.3 is 0 Å². The third kappa shape index (κ3) is 3.03. The van der Waals surface area contributed by atoms with Gasteiger partial charge in [0.05, 0.1) is 4.90 Å². The molecule has 0 unspecified atom stereocenters. The number of anilines is 2. The Morgan fingerprint density at radius 2 is 1.77 bits per heavy atom. The first-order valence-corrected chi connectivity index (χ1v) is 11.4. The quantitative estimate of drug-likeness (QED) is 0.496. The molecule has 3 aromatic carbocycles. The van der Waals surface area contributed by atoms with E-state index in [1.165, 1.54) is 17.4 Å². The summed E-state index contributed by atoms with van der Waals surface area (Å²) in [6.45, 7) is 3.99. The molecule has 1 aliphatic heterocycles. The molecule has 1 aromatic heterocycles. The molecule has 2 heterocycles. The molecule has 1 amide bonds. The van der Waals surface area contributed by atoms with Gasteiger partial charge in [0.1, 0.15) is 5.01 Å². The van der Waals surface area contributed by atoms with Gasteiger partial charge in [-0.2, -0.15) is 0 Å². The summed E-state index contributed by atoms with van der Waals surface area (Å²) in [5, 5.41) is 12.8. The molecule has 2 N–H and O–H groups in total. The highest BCUT2D eigenvalue weighted by Gasteiger charge is 2.27. The van der Waals surface area contributed by atoms with E-state index in [1.54, 1.807) is 24.3 Å². The molecule has 0 saturated carbocycles. The minimum absolute atomic E-state index is 0.0859. The van der Waals surface area contributed by atoms with Crippen LogP contribution in [0.25, 0.3) is 21.3 Å². The lowest BCUT2D eigenvalue weighted by atomic mass is 10.1. The van der Waals surface area contributed by atoms with Crippen LogP contribution in [0.2, 0.25) is 0 Å². The maximum atomic E-state index is 13.1. The fourth-order valence-corrected chi connectivity index (χ4v) is 5.91. The van der Waals surface area contributed by atoms with E-state index in [0.717, 1.165) is 16.7 Å². The molecule has 0 spiro atoms. The summed E-state index contributed by atoms with van der Waals surface area (Å²) in [6, 6.07) is 14.2. The lowest BCUT2D eigenvalue weighted by Gasteiger charge is -2.09. The van der Waals surface area contributed by atoms with E-state index in [1.807, 2.05) is 26.0 Å². The van der Waals surface area contributed by atoms with Crippen molar-refractivity contribution in [3.05, 3.63) is 65.2 Å². The molecule has 0 radical (unpaired) electrons. The Bertz CT molecular complexity index is 1440. The zero-order valence-corrected chi connectivity index (χ0v) is 17.7. The predicted octanol–water partition coefficient (Wildman–Crippen LogP) is 4.34. The minimum Gasteiger partial charge on any atom is -0.321 e. The van der Waals surface area contributed by atoms with Crippen LogP contribution in [-0.4, -0.2) is 24.5 Å². The average molecular weight is 437 g/mol. The van der Waals surface area contributed by atoms with E-state index in [-0.39, 0.29) is 15.9 Å². The average Bonchev–Trinajstić information content (AvgIpc) is 3.27. The zero-order valence-electron chi connectivity index (χ0n) is 16.1. The van der Waals surface area contributed by atoms with E-state index in [9.17, 15) is 13.2 Å². The number of aryl methyl sites for hydroxylation is 2. The minimum atomic E-state index is -3.93. The van der Waals surface area contributed by atoms with Crippen LogP contribution in [0.1, 0.15) is 21.5 Å². The molecule has 0 atom stereocenters. The highest BCUT2D eigenvalue weighted by atomic mass is 32.2. The van der Waals surface area contributed by atoms with Gasteiger partial charge in [-0.15, -0.1) is 10.2 Å². The van der Waals surface area contributed by atoms with E-state index in [2.05, 4.69) is 26.3 Å². The van der Waals surface area contributed by atoms with Crippen molar-refractivity contribution >= 4 is 48.9 Å². The summed E-state index contributed by atoms with van der Waals surface area (Å²) in [6.07, 6.45) is 0. The normalized spacial score (nSPS) is 12.9. The number of nitrogens with zero attached hydrogens (tertiary/aromatic N) is 2. The molecule has 4 aromatic rings. The number of sulfonamides is 1. The number of aromatic nitrogens is 2. The maximum Gasteiger partial charge on any atom is 0.264 e. The summed E-state index contributed by atoms with van der Waals surface area (Å²) >= 11 is 1.17. The maximum absolute atomic E-state index is 13.1. The van der Waals surface area contributed by atoms with Crippen molar-refractivity contribution in [3.63, 3.8) is 0 Å². The number of carbonyl (C=O) groups is 1. The molecule has 9 heteroatoms. The van der Waals surface area contributed by atoms with Gasteiger partial charge in [0.15, 0.2) is 0 Å². The lowest BCUT2D eigenvalue weighted by molar-refractivity contribution is 0.103. The molecule has 0 fully saturated rings. The standard InChI is InChI=1S/C21H16N4O3S2/c1-11-8-12(2)10-13(9-11)20-23-24-21(29-20)25-30(27,28)17-7-6-16-18-14(17)4-3-5-15(18)19(26)22-16/h3-10H,1-2H3,(H,22,26)(H,24,25). The van der Waals surface area contributed by atoms with E-state index in [4.69, 9.17) is 0 Å². The number of amides is 1. The highest BCUT2D eigenvalue weighted by molar-refractivity contribution is 7.93. The van der Waals surface area contributed by atoms with Gasteiger partial charge in [0.2, 0.25) is 5.13 Å². The summed E-state index contributed by atoms with van der Waals surface area (Å²) in [5.74, 6) is -0.236. The summed E-state index contributed by atoms with van der Waals surface area (Å²) in [4.78, 5) is 12.2. The van der Waals surface area contributed by atoms with Gasteiger partial charge in [0.25, 0.3) is 15.9 Å². The first kappa shape index (κ1) is 18.7. The topological polar surface area (TPSA) is 101 Å². The Balaban J connectivity index is 1.53. The van der Waals surface area contributed by atoms with Gasteiger partial charge in [-0.3, -0.25) is 9.52 Å². The number of hydrogen-bond acceptors (Lipinski definition) is 6. The number of nitrogens with one attached hydrogen (secondary N) is 2. The second-order valence-electron chi connectivity index (χ2n) is 7.19. The second-order valence-corrected chi connectivity index (χ2v) is 9.82. The molecular formula is C21H16N4O3S2. The van der Waals surface area contributed by atoms with Gasteiger partial charge in [-0.25, -0.2) is 8.42 Å². The van der Waals surface area contributed by atoms with Crippen LogP contribution in [0.15, 0.2) is 53.4 Å². The Morgan fingerprint density at radius 3 is 2.53 bits per heavy atom. The van der Waals surface area contributed by atoms with Crippen LogP contribution >= 0.6 is 11.3 Å². The summed E-state index contributed by atoms with van der Waals surface area (Å²) < 4.78 is 28.8. The van der Waals surface area contributed by atoms with E-state index < -0.39 is 10.0 Å². The second kappa shape index (κ2) is 6.61. The number of carbonyl (C=O) groups excluding carboxylic acids is 1. The first-order valence-electron chi connectivity index (χ1n) is 9.14. The van der Waals surface area contributed by atoms with Crippen LogP contribution in [-0.2, 0) is 10.0 Å². The van der Waals surface area contributed by atoms with Crippen molar-refractivity contribution < 1.29 is 13.2 Å². The SMILES string of the molecule is Cc1cc(C)cc(-c2nnc(NS(=O)(=O)c3ccc4c5c(cccc35)C(=O)N4)s2)c1. The molecule has 150 valence electrons. The van der Waals surface area contributed by atoms with Crippen LogP contribution in [0.4, 0.5) is 10.8 Å². The van der Waals surface area contributed by atoms with Gasteiger partial charge in [-0.1, -0.05) is 40.7 Å². The van der Waals surface area contributed by atoms with Crippen LogP contribution in [0.3, 0.4) is 0 Å². The molecule has 0 saturated heterocycles. The zero-order chi connectivity index (χ0) is 21.0. The lowest BCUT2D eigenvalue weighted by Crippen LogP contribution is -2.13. The summed E-state index contributed by atoms with van der Waals surface area (Å²) in [5.41, 5.74) is 4.16. The van der Waals surface area contributed by atoms with Crippen molar-refractivity contribution in [2.45, 2.75) is 18.7 Å². The van der Waals surface area contributed by atoms with Crippen molar-refractivity contribution in [3.8, 4) is 10.6 Å². The summed E-state index contributed by atoms with van der Waals surface area (Å²) in [7, 11) is -3.93. The van der Waals surface area contributed by atoms with Crippen molar-refractivity contribution in [1.29, 1.82) is 0 Å². The largest absolute Gasteiger partial charge is 0.321 e. The van der Waals surface area contributed by atoms with Crippen molar-refractivity contribution in [2.24, 2.45) is 0 Å². The first-order chi connectivity index (χ1) is 14.3. The Kier molecular flexibility index (Phi) is 4.12. The predicted molar refractivity (Wildman–Crippen MR) is 118 cm³/mol. The molecule has 0 bridgehead atoms. The van der Waals surface area contributed by atoms with E-state index in [0.29, 0.717) is 27.0 Å². The van der Waals surface area contributed by atoms with Gasteiger partial charge < -0.3 is 5.32 Å². The Labute approximate surface area is 176 Å². The fourth-order valence-electron chi connectivity index (χ4n) is 3.75. The third-order valence-electron chi connectivity index (χ3n) is 4.90. The molecule has 5 rings (SSSR count). The number of benzene rings is 3. The fraction of sp³-hybridized carbons (Fsp3) is 0.0952. The molecular weight excluding hydrogens is 420 g/mol. The van der Waals surface area contributed by atoms with Crippen LogP contribution in [0, 0.1) is 13.8 Å². The Hall–Kier alpha value is -3.30. The third-order valence-corrected chi connectivity index (χ3v) is 7.31. The highest BCUT2D eigenvalue weighted by Crippen LogP contribution is 2.37. The van der Waals surface area contributed by atoms with Crippen LogP contribution in [0.5, 0.6) is 0 Å². The molecule has 0 aliphatic carbocycles. The molecule has 30 heavy (non-hydrogen) atoms. The smallest absolute Gasteiger partial charge is 0.264 e. The van der Waals surface area contributed by atoms with Crippen molar-refractivity contribution in [1.82, 2.24) is 10.2 Å². The number of rotatable bonds is 4. The van der Waals surface area contributed by atoms with Crippen molar-refractivity contribution in [2.75, 3.05) is 10.0 Å². The molecule has 1 aliphatic rings. The van der Waals surface area contributed by atoms with Gasteiger partial charge in [-0.05, 0) is 44.2 Å². The molecule has 7 nitrogen and oxygen atoms in total. The monoisotopic (exact) mass is 436 g/mol. The Morgan fingerprint density at radius 1 is 1.00 bits per heavy atom. The van der Waals surface area contributed by atoms with Gasteiger partial charge in [0, 0.05) is 27.6 Å². The van der Waals surface area contributed by atoms with E-state index >= 15 is 0 Å².